The minimum atomic E-state index is -3.54. The lowest BCUT2D eigenvalue weighted by molar-refractivity contribution is 0.0830. The molecule has 6 heteroatoms. The molecule has 4 nitrogen and oxygen atoms in total. The van der Waals surface area contributed by atoms with Gasteiger partial charge in [-0.25, -0.2) is 8.42 Å². The van der Waals surface area contributed by atoms with Crippen LogP contribution in [-0.2, 0) is 18.5 Å². The molecule has 1 aliphatic rings. The van der Waals surface area contributed by atoms with E-state index in [0.29, 0.717) is 6.61 Å². The van der Waals surface area contributed by atoms with Crippen molar-refractivity contribution in [3.63, 3.8) is 0 Å². The maximum absolute atomic E-state index is 10.8. The van der Waals surface area contributed by atoms with Gasteiger partial charge in [0.25, 0.3) is 0 Å². The van der Waals surface area contributed by atoms with Gasteiger partial charge in [0.2, 0.25) is 9.05 Å². The van der Waals surface area contributed by atoms with Gasteiger partial charge in [0, 0.05) is 17.8 Å². The number of halogens is 1. The van der Waals surface area contributed by atoms with Crippen LogP contribution in [0.25, 0.3) is 0 Å². The Labute approximate surface area is 69.9 Å². The SMILES string of the molecule is CO[C@H]1COC[C@@H]1S(=O)(=O)Cl. The molecule has 0 spiro atoms. The number of methoxy groups -OCH3 is 1. The molecule has 0 aromatic carbocycles. The first-order valence-electron chi connectivity index (χ1n) is 3.09. The third-order valence-corrected chi connectivity index (χ3v) is 3.49. The van der Waals surface area contributed by atoms with Gasteiger partial charge in [-0.3, -0.25) is 0 Å². The Hall–Kier alpha value is 0.160. The largest absolute Gasteiger partial charge is 0.378 e. The molecule has 0 aliphatic carbocycles. The lowest BCUT2D eigenvalue weighted by atomic mass is 10.3. The molecule has 0 N–H and O–H groups in total. The van der Waals surface area contributed by atoms with Crippen LogP contribution in [0.2, 0.25) is 0 Å². The summed E-state index contributed by atoms with van der Waals surface area (Å²) in [4.78, 5) is 0. The van der Waals surface area contributed by atoms with Crippen molar-refractivity contribution in [2.45, 2.75) is 11.4 Å². The molecule has 0 aromatic heterocycles. The minimum Gasteiger partial charge on any atom is -0.378 e. The summed E-state index contributed by atoms with van der Waals surface area (Å²) in [6.45, 7) is 0.428. The van der Waals surface area contributed by atoms with E-state index in [2.05, 4.69) is 0 Å². The number of ether oxygens (including phenoxy) is 2. The predicted octanol–water partition coefficient (Wildman–Crippen LogP) is -0.0312. The van der Waals surface area contributed by atoms with Crippen LogP contribution in [0.15, 0.2) is 0 Å². The molecule has 1 aliphatic heterocycles. The Balaban J connectivity index is 2.72. The first kappa shape index (κ1) is 9.25. The number of hydrogen-bond donors (Lipinski definition) is 0. The summed E-state index contributed by atoms with van der Waals surface area (Å²) < 4.78 is 31.4. The molecule has 1 rings (SSSR count). The van der Waals surface area contributed by atoms with Gasteiger partial charge in [-0.1, -0.05) is 0 Å². The van der Waals surface area contributed by atoms with Crippen molar-refractivity contribution < 1.29 is 17.9 Å². The molecule has 0 saturated carbocycles. The second-order valence-electron chi connectivity index (χ2n) is 2.33. The highest BCUT2D eigenvalue weighted by molar-refractivity contribution is 8.14. The van der Waals surface area contributed by atoms with Gasteiger partial charge >= 0.3 is 0 Å². The van der Waals surface area contributed by atoms with Crippen LogP contribution in [0.4, 0.5) is 0 Å². The molecule has 0 bridgehead atoms. The smallest absolute Gasteiger partial charge is 0.240 e. The molecule has 66 valence electrons. The van der Waals surface area contributed by atoms with Gasteiger partial charge in [0.1, 0.15) is 11.4 Å². The van der Waals surface area contributed by atoms with E-state index in [4.69, 9.17) is 20.2 Å². The fourth-order valence-electron chi connectivity index (χ4n) is 0.997. The monoisotopic (exact) mass is 200 g/mol. The van der Waals surface area contributed by atoms with Crippen LogP contribution in [0.1, 0.15) is 0 Å². The summed E-state index contributed by atoms with van der Waals surface area (Å²) in [6, 6.07) is 0. The van der Waals surface area contributed by atoms with E-state index in [0.717, 1.165) is 0 Å². The normalized spacial score (nSPS) is 32.5. The zero-order chi connectivity index (χ0) is 8.48. The standard InChI is InChI=1S/C5H9ClO4S/c1-9-4-2-10-3-5(4)11(6,7)8/h4-5H,2-3H2,1H3/t4-,5-/m0/s1. The lowest BCUT2D eigenvalue weighted by Crippen LogP contribution is -2.31. The summed E-state index contributed by atoms with van der Waals surface area (Å²) in [7, 11) is 3.02. The van der Waals surface area contributed by atoms with E-state index in [9.17, 15) is 8.42 Å². The van der Waals surface area contributed by atoms with Crippen molar-refractivity contribution in [1.29, 1.82) is 0 Å². The Bertz CT molecular complexity index is 225. The predicted molar refractivity (Wildman–Crippen MR) is 40.2 cm³/mol. The van der Waals surface area contributed by atoms with Gasteiger partial charge < -0.3 is 9.47 Å². The first-order chi connectivity index (χ1) is 5.05. The molecule has 1 fully saturated rings. The van der Waals surface area contributed by atoms with Crippen LogP contribution >= 0.6 is 10.7 Å². The maximum atomic E-state index is 10.8. The average molecular weight is 201 g/mol. The van der Waals surface area contributed by atoms with Crippen molar-refractivity contribution in [2.75, 3.05) is 20.3 Å². The molecule has 0 unspecified atom stereocenters. The van der Waals surface area contributed by atoms with E-state index in [1.54, 1.807) is 0 Å². The van der Waals surface area contributed by atoms with Gasteiger partial charge in [-0.2, -0.15) is 0 Å². The Morgan fingerprint density at radius 2 is 2.18 bits per heavy atom. The molecular weight excluding hydrogens is 192 g/mol. The van der Waals surface area contributed by atoms with E-state index in [1.165, 1.54) is 7.11 Å². The Morgan fingerprint density at radius 3 is 2.55 bits per heavy atom. The summed E-state index contributed by atoms with van der Waals surface area (Å²) >= 11 is 0. The zero-order valence-electron chi connectivity index (χ0n) is 5.99. The topological polar surface area (TPSA) is 52.6 Å². The molecular formula is C5H9ClO4S. The number of hydrogen-bond acceptors (Lipinski definition) is 4. The first-order valence-corrected chi connectivity index (χ1v) is 5.47. The molecule has 0 aromatic rings. The summed E-state index contributed by atoms with van der Waals surface area (Å²) in [6.07, 6.45) is -0.419. The second kappa shape index (κ2) is 3.26. The fraction of sp³-hybridized carbons (Fsp3) is 1.00. The Morgan fingerprint density at radius 1 is 1.55 bits per heavy atom. The fourth-order valence-corrected chi connectivity index (χ4v) is 2.31. The van der Waals surface area contributed by atoms with E-state index >= 15 is 0 Å². The van der Waals surface area contributed by atoms with Crippen molar-refractivity contribution in [1.82, 2.24) is 0 Å². The van der Waals surface area contributed by atoms with E-state index in [1.807, 2.05) is 0 Å². The van der Waals surface area contributed by atoms with Gasteiger partial charge in [-0.05, 0) is 0 Å². The quantitative estimate of drug-likeness (QED) is 0.588. The van der Waals surface area contributed by atoms with Crippen LogP contribution < -0.4 is 0 Å². The van der Waals surface area contributed by atoms with Crippen LogP contribution in [0.3, 0.4) is 0 Å². The van der Waals surface area contributed by atoms with Crippen molar-refractivity contribution in [3.8, 4) is 0 Å². The van der Waals surface area contributed by atoms with Crippen LogP contribution in [0.5, 0.6) is 0 Å². The van der Waals surface area contributed by atoms with E-state index in [-0.39, 0.29) is 6.61 Å². The Kier molecular flexibility index (Phi) is 2.74. The lowest BCUT2D eigenvalue weighted by Gasteiger charge is -2.11. The molecule has 1 saturated heterocycles. The summed E-state index contributed by atoms with van der Waals surface area (Å²) in [5.41, 5.74) is 0. The molecule has 1 heterocycles. The van der Waals surface area contributed by atoms with Crippen LogP contribution in [-0.4, -0.2) is 40.1 Å². The van der Waals surface area contributed by atoms with Crippen LogP contribution in [0, 0.1) is 0 Å². The second-order valence-corrected chi connectivity index (χ2v) is 5.17. The highest BCUT2D eigenvalue weighted by Crippen LogP contribution is 2.19. The van der Waals surface area contributed by atoms with E-state index < -0.39 is 20.4 Å². The van der Waals surface area contributed by atoms with Gasteiger partial charge in [0.05, 0.1) is 13.2 Å². The zero-order valence-corrected chi connectivity index (χ0v) is 7.56. The minimum absolute atomic E-state index is 0.129. The van der Waals surface area contributed by atoms with Crippen molar-refractivity contribution >= 4 is 19.7 Å². The summed E-state index contributed by atoms with van der Waals surface area (Å²) in [5, 5.41) is -0.714. The molecule has 0 radical (unpaired) electrons. The maximum Gasteiger partial charge on any atom is 0.240 e. The highest BCUT2D eigenvalue weighted by atomic mass is 35.7. The molecule has 2 atom stereocenters. The summed E-state index contributed by atoms with van der Waals surface area (Å²) in [5.74, 6) is 0. The average Bonchev–Trinajstić information content (AvgIpc) is 2.31. The number of rotatable bonds is 2. The molecule has 11 heavy (non-hydrogen) atoms. The molecule has 0 amide bonds. The third-order valence-electron chi connectivity index (χ3n) is 1.64. The third kappa shape index (κ3) is 2.05. The van der Waals surface area contributed by atoms with Crippen molar-refractivity contribution in [3.05, 3.63) is 0 Å². The van der Waals surface area contributed by atoms with Gasteiger partial charge in [0.15, 0.2) is 0 Å². The highest BCUT2D eigenvalue weighted by Gasteiger charge is 2.37. The van der Waals surface area contributed by atoms with Gasteiger partial charge in [-0.15, -0.1) is 0 Å². The van der Waals surface area contributed by atoms with Crippen molar-refractivity contribution in [2.24, 2.45) is 0 Å².